The van der Waals surface area contributed by atoms with E-state index in [0.29, 0.717) is 93.8 Å². The molecule has 0 aromatic heterocycles. The summed E-state index contributed by atoms with van der Waals surface area (Å²) in [5.41, 5.74) is 9.50. The zero-order chi connectivity index (χ0) is 89.4. The van der Waals surface area contributed by atoms with Crippen molar-refractivity contribution in [2.45, 2.75) is 106 Å². The molecule has 3 fully saturated rings. The Labute approximate surface area is 724 Å². The lowest BCUT2D eigenvalue weighted by Gasteiger charge is -2.39. The second kappa shape index (κ2) is 43.0. The molecular weight excluding hydrogens is 1600 g/mol. The van der Waals surface area contributed by atoms with Gasteiger partial charge in [0.25, 0.3) is 5.78 Å². The fourth-order valence-electron chi connectivity index (χ4n) is 14.1. The number of rotatable bonds is 29. The molecule has 3 heterocycles. The van der Waals surface area contributed by atoms with E-state index in [-0.39, 0.29) is 28.5 Å². The van der Waals surface area contributed by atoms with Crippen LogP contribution in [-0.2, 0) is 55.9 Å². The Morgan fingerprint density at radius 2 is 0.637 bits per heavy atom. The van der Waals surface area contributed by atoms with Crippen molar-refractivity contribution in [1.82, 2.24) is 14.7 Å². The number of Topliss-reactive ketones (excluding diaryl/α,β-unsaturated/α-hetero) is 6. The molecule has 3 saturated heterocycles. The molecule has 3 aliphatic heterocycles. The van der Waals surface area contributed by atoms with Crippen LogP contribution in [0, 0.1) is 21.4 Å². The first kappa shape index (κ1) is 93.0. The number of ketones is 6. The lowest BCUT2D eigenvalue weighted by atomic mass is 9.90. The normalized spacial score (nSPS) is 14.3. The van der Waals surface area contributed by atoms with Crippen molar-refractivity contribution in [3.05, 3.63) is 279 Å². The van der Waals surface area contributed by atoms with Crippen molar-refractivity contribution >= 4 is 132 Å². The highest BCUT2D eigenvalue weighted by atomic mass is 35.5. The first-order valence-corrected chi connectivity index (χ1v) is 40.7. The van der Waals surface area contributed by atoms with Gasteiger partial charge in [-0.2, -0.15) is 5.26 Å². The highest BCUT2D eigenvalue weighted by Crippen LogP contribution is 2.40. The number of carbonyl (C=O) groups excluding carboxylic acids is 9. The van der Waals surface area contributed by atoms with E-state index in [1.807, 2.05) is 184 Å². The maximum Gasteiger partial charge on any atom is 0.458 e. The highest BCUT2D eigenvalue weighted by Gasteiger charge is 2.40. The summed E-state index contributed by atoms with van der Waals surface area (Å²) < 4.78 is 16.4. The van der Waals surface area contributed by atoms with Crippen LogP contribution in [0.2, 0.25) is 0 Å². The summed E-state index contributed by atoms with van der Waals surface area (Å²) in [5, 5.41) is 30.0. The van der Waals surface area contributed by atoms with E-state index in [2.05, 4.69) is 70.7 Å². The number of anilines is 9. The Bertz CT molecular complexity index is 5430. The molecule has 124 heavy (non-hydrogen) atoms. The predicted molar refractivity (Wildman–Crippen MR) is 474 cm³/mol. The number of hydrogen-bond donors (Lipinski definition) is 0. The topological polar surface area (TPSA) is 332 Å². The van der Waals surface area contributed by atoms with Crippen LogP contribution in [0.4, 0.5) is 51.2 Å². The minimum absolute atomic E-state index is 0.000998. The number of nitriles is 1. The molecule has 0 aliphatic carbocycles. The molecule has 9 aromatic carbocycles. The Hall–Kier alpha value is -13.2. The molecule has 0 spiro atoms. The van der Waals surface area contributed by atoms with Crippen molar-refractivity contribution in [2.75, 3.05) is 93.6 Å². The number of para-hydroxylation sites is 1. The molecule has 9 aromatic rings. The number of ether oxygens (including phenoxy) is 3. The molecule has 0 saturated carbocycles. The molecule has 0 unspecified atom stereocenters. The van der Waals surface area contributed by atoms with E-state index >= 15 is 0 Å². The van der Waals surface area contributed by atoms with E-state index in [0.717, 1.165) is 90.8 Å². The Morgan fingerprint density at radius 3 is 0.911 bits per heavy atom. The van der Waals surface area contributed by atoms with E-state index < -0.39 is 73.5 Å². The number of nitro groups is 1. The molecular formula is C95H98ClN11O17. The molecule has 0 amide bonds. The lowest BCUT2D eigenvalue weighted by Crippen LogP contribution is -2.54. The minimum Gasteiger partial charge on any atom is -0.379 e. The van der Waals surface area contributed by atoms with Crippen molar-refractivity contribution in [1.29, 1.82) is 5.26 Å². The fourth-order valence-corrected chi connectivity index (χ4v) is 14.3. The molecule has 0 atom stereocenters. The van der Waals surface area contributed by atoms with Crippen LogP contribution in [0.3, 0.4) is 0 Å². The first-order chi connectivity index (χ1) is 59.4. The van der Waals surface area contributed by atoms with E-state index in [9.17, 15) is 58.5 Å². The van der Waals surface area contributed by atoms with Crippen molar-refractivity contribution in [3.63, 3.8) is 0 Å². The summed E-state index contributed by atoms with van der Waals surface area (Å²) in [6.45, 7) is 27.1. The van der Waals surface area contributed by atoms with E-state index in [1.54, 1.807) is 78.9 Å². The molecule has 0 bridgehead atoms. The van der Waals surface area contributed by atoms with Crippen molar-refractivity contribution in [3.8, 4) is 6.07 Å². The largest absolute Gasteiger partial charge is 0.458 e. The van der Waals surface area contributed by atoms with Crippen LogP contribution in [0.5, 0.6) is 0 Å². The number of amidine groups is 1. The third kappa shape index (κ3) is 23.5. The molecule has 12 rings (SSSR count). The number of carbonyl (C=O) groups is 9. The van der Waals surface area contributed by atoms with Gasteiger partial charge in [0, 0.05) is 145 Å². The maximum absolute atomic E-state index is 13.5. The van der Waals surface area contributed by atoms with Gasteiger partial charge in [-0.3, -0.25) is 43.5 Å². The zero-order valence-electron chi connectivity index (χ0n) is 71.0. The second-order valence-electron chi connectivity index (χ2n) is 30.5. The van der Waals surface area contributed by atoms with Crippen LogP contribution in [-0.4, -0.2) is 184 Å². The molecule has 0 N–H and O–H groups in total. The highest BCUT2D eigenvalue weighted by molar-refractivity contribution is 6.84. The van der Waals surface area contributed by atoms with Gasteiger partial charge in [-0.25, -0.2) is 19.2 Å². The monoisotopic (exact) mass is 1700 g/mol. The quantitative estimate of drug-likeness (QED) is 0.0105. The Balaban J connectivity index is 0.000000195. The van der Waals surface area contributed by atoms with Crippen molar-refractivity contribution < 1.29 is 76.8 Å². The predicted octanol–water partition coefficient (Wildman–Crippen LogP) is 16.7. The molecule has 642 valence electrons. The van der Waals surface area contributed by atoms with Gasteiger partial charge >= 0.3 is 23.7 Å². The molecule has 28 nitrogen and oxygen atoms in total. The Morgan fingerprint density at radius 1 is 0.387 bits per heavy atom. The number of benzene rings is 9. The summed E-state index contributed by atoms with van der Waals surface area (Å²) in [7, 11) is 0. The van der Waals surface area contributed by atoms with Gasteiger partial charge in [-0.15, -0.1) is 0 Å². The second-order valence-corrected chi connectivity index (χ2v) is 30.8. The summed E-state index contributed by atoms with van der Waals surface area (Å²) in [5.74, 6) is -5.50. The summed E-state index contributed by atoms with van der Waals surface area (Å²) in [4.78, 5) is 148. The van der Waals surface area contributed by atoms with Crippen molar-refractivity contribution in [2.24, 2.45) is 15.5 Å². The lowest BCUT2D eigenvalue weighted by molar-refractivity contribution is -0.349. The number of nitrogens with zero attached hydrogens (tertiary/aromatic N) is 11. The molecule has 3 aliphatic rings. The number of aryl methyl sites for hydroxylation is 2. The average Bonchev–Trinajstić information content (AvgIpc) is 0.788. The van der Waals surface area contributed by atoms with Crippen LogP contribution in [0.25, 0.3) is 0 Å². The fraction of sp³-hybridized carbons (Fsp3) is 0.295. The number of halogens is 1. The van der Waals surface area contributed by atoms with Crippen LogP contribution >= 0.6 is 11.6 Å². The third-order valence-corrected chi connectivity index (χ3v) is 21.5. The van der Waals surface area contributed by atoms with Gasteiger partial charge in [0.05, 0.1) is 56.3 Å². The third-order valence-electron chi connectivity index (χ3n) is 21.3. The van der Waals surface area contributed by atoms with Gasteiger partial charge in [0.1, 0.15) is 6.07 Å². The minimum atomic E-state index is -1.10. The average molecular weight is 1700 g/mol. The van der Waals surface area contributed by atoms with Gasteiger partial charge in [-0.1, -0.05) is 78.2 Å². The van der Waals surface area contributed by atoms with E-state index in [1.165, 1.54) is 24.6 Å². The number of hydrogen-bond acceptors (Lipinski definition) is 27. The maximum atomic E-state index is 13.5. The van der Waals surface area contributed by atoms with E-state index in [4.69, 9.17) is 25.8 Å². The summed E-state index contributed by atoms with van der Waals surface area (Å²) in [6, 6.07) is 69.7. The zero-order valence-corrected chi connectivity index (χ0v) is 71.8. The Kier molecular flexibility index (Phi) is 32.3. The number of morpholine rings is 3. The standard InChI is InChI=1S/C32H34ClN3O5.C32H34N4O7.C31H30N4O5/c1-5-23-6-12-26(13-7-23)36(27-14-8-24(9-15-27)29(38)31(33)34-41-22(2)37)28-16-10-25(11-17-28)30(39)32(3,4)35-18-20-40-21-19-35;1-5-23-6-12-26(13-7-23)35(27-14-8-24(9-15-27)29(38)31(36(40)41)33-43-22(2)37)28-16-10-25(11-17-28)30(39)32(3,4)34-18-20-42-21-19-34;1-22(36)40-33-28(21-32)29(37)23-9-13-26(14-10-23)35(25-7-5-4-6-8-25)27-15-11-24(12-16-27)30(38)31(2,3)34-17-19-39-20-18-34/h6-17H,5,18-21H2,1-4H3;6-17H,5,18-21H2,1-4H3;4-16H,17-20H2,1-3H3/b34-31-;33-31-;33-28+. The summed E-state index contributed by atoms with van der Waals surface area (Å²) >= 11 is 5.93. The van der Waals surface area contributed by atoms with Crippen LogP contribution in [0.1, 0.15) is 149 Å². The van der Waals surface area contributed by atoms with Crippen LogP contribution in [0.15, 0.2) is 240 Å². The summed E-state index contributed by atoms with van der Waals surface area (Å²) in [6.07, 6.45) is 1.79. The number of oxime groups is 3. The van der Waals surface area contributed by atoms with Gasteiger partial charge in [0.15, 0.2) is 22.5 Å². The first-order valence-electron chi connectivity index (χ1n) is 40.3. The van der Waals surface area contributed by atoms with Gasteiger partial charge < -0.3 is 48.7 Å². The molecule has 0 radical (unpaired) electrons. The smallest absolute Gasteiger partial charge is 0.379 e. The van der Waals surface area contributed by atoms with Gasteiger partial charge in [0.2, 0.25) is 22.4 Å². The van der Waals surface area contributed by atoms with Gasteiger partial charge in [-0.05, 0) is 252 Å². The molecule has 29 heteroatoms. The van der Waals surface area contributed by atoms with Crippen LogP contribution < -0.4 is 14.7 Å². The SMILES string of the molecule is CC(=O)O/N=C(\C#N)C(=O)c1ccc(N(c2ccccc2)c2ccc(C(=O)C(C)(C)N3CCOCC3)cc2)cc1.CCc1ccc(N(c2ccc(C(=O)/C(=N/OC(C)=O)[N+](=O)[O-])cc2)c2ccc(C(=O)C(C)(C)N3CCOCC3)cc2)cc1.CCc1ccc(N(c2ccc(C(=O)/C(Cl)=N/OC(C)=O)cc2)c2ccc(C(=O)C(C)(C)N3CCOCC3)cc2)cc1.